The maximum Gasteiger partial charge on any atom is 0.244 e. The zero-order valence-corrected chi connectivity index (χ0v) is 17.1. The van der Waals surface area contributed by atoms with E-state index in [4.69, 9.17) is 14.2 Å². The van der Waals surface area contributed by atoms with Crippen LogP contribution in [0.4, 0.5) is 5.82 Å². The van der Waals surface area contributed by atoms with Gasteiger partial charge in [-0.15, -0.1) is 0 Å². The smallest absolute Gasteiger partial charge is 0.244 e. The molecule has 1 aromatic carbocycles. The van der Waals surface area contributed by atoms with E-state index in [-0.39, 0.29) is 12.7 Å². The predicted octanol–water partition coefficient (Wildman–Crippen LogP) is 2.71. The first-order chi connectivity index (χ1) is 14.7. The van der Waals surface area contributed by atoms with Crippen LogP contribution in [-0.4, -0.2) is 48.9 Å². The third-order valence-corrected chi connectivity index (χ3v) is 4.96. The number of nitrogens with zero attached hydrogens (tertiary/aromatic N) is 3. The predicted molar refractivity (Wildman–Crippen MR) is 113 cm³/mol. The minimum Gasteiger partial charge on any atom is -0.476 e. The van der Waals surface area contributed by atoms with Gasteiger partial charge in [-0.25, -0.2) is 4.98 Å². The van der Waals surface area contributed by atoms with E-state index in [9.17, 15) is 4.79 Å². The highest BCUT2D eigenvalue weighted by molar-refractivity contribution is 5.91. The summed E-state index contributed by atoms with van der Waals surface area (Å²) in [4.78, 5) is 23.2. The molecule has 158 valence electrons. The summed E-state index contributed by atoms with van der Waals surface area (Å²) < 4.78 is 16.3. The summed E-state index contributed by atoms with van der Waals surface area (Å²) >= 11 is 0. The van der Waals surface area contributed by atoms with Crippen molar-refractivity contribution in [3.05, 3.63) is 41.7 Å². The van der Waals surface area contributed by atoms with Crippen LogP contribution in [0, 0.1) is 6.92 Å². The minimum absolute atomic E-state index is 0.191. The van der Waals surface area contributed by atoms with Crippen molar-refractivity contribution in [3.8, 4) is 17.4 Å². The third-order valence-electron chi connectivity index (χ3n) is 4.96. The van der Waals surface area contributed by atoms with Crippen LogP contribution in [0.1, 0.15) is 30.7 Å². The number of aryl methyl sites for hydroxylation is 1. The summed E-state index contributed by atoms with van der Waals surface area (Å²) in [6.45, 7) is 4.84. The van der Waals surface area contributed by atoms with Gasteiger partial charge in [-0.2, -0.15) is 4.98 Å². The quantitative estimate of drug-likeness (QED) is 0.555. The van der Waals surface area contributed by atoms with Gasteiger partial charge in [0.1, 0.15) is 18.2 Å². The van der Waals surface area contributed by atoms with Gasteiger partial charge in [0.05, 0.1) is 6.54 Å². The van der Waals surface area contributed by atoms with E-state index in [1.54, 1.807) is 6.08 Å². The number of anilines is 1. The molecule has 0 saturated carbocycles. The highest BCUT2D eigenvalue weighted by atomic mass is 16.7. The van der Waals surface area contributed by atoms with Crippen molar-refractivity contribution < 1.29 is 19.0 Å². The van der Waals surface area contributed by atoms with E-state index >= 15 is 0 Å². The van der Waals surface area contributed by atoms with Crippen molar-refractivity contribution in [2.45, 2.75) is 26.2 Å². The number of fused-ring (bicyclic) bond motifs is 1. The highest BCUT2D eigenvalue weighted by Crippen LogP contribution is 2.32. The van der Waals surface area contributed by atoms with Crippen LogP contribution in [0.25, 0.3) is 6.08 Å². The van der Waals surface area contributed by atoms with Gasteiger partial charge >= 0.3 is 0 Å². The molecular weight excluding hydrogens is 384 g/mol. The maximum absolute atomic E-state index is 12.0. The lowest BCUT2D eigenvalue weighted by atomic mass is 10.1. The molecule has 8 heteroatoms. The second kappa shape index (κ2) is 9.47. The van der Waals surface area contributed by atoms with E-state index < -0.39 is 0 Å². The first kappa shape index (κ1) is 20.0. The van der Waals surface area contributed by atoms with Gasteiger partial charge in [0, 0.05) is 25.2 Å². The van der Waals surface area contributed by atoms with Gasteiger partial charge in [-0.05, 0) is 50.0 Å². The summed E-state index contributed by atoms with van der Waals surface area (Å²) in [7, 11) is 0. The SMILES string of the molecule is Cc1nc(OCCNC(=O)C=Cc2ccc3c(c2)OCO3)cc(N2CCCCC2)n1. The molecule has 0 aliphatic carbocycles. The topological polar surface area (TPSA) is 85.8 Å². The normalized spacial score (nSPS) is 15.4. The number of ether oxygens (including phenoxy) is 3. The molecule has 0 unspecified atom stereocenters. The molecule has 1 aromatic heterocycles. The Morgan fingerprint density at radius 2 is 2.00 bits per heavy atom. The molecule has 2 aliphatic rings. The number of benzene rings is 1. The van der Waals surface area contributed by atoms with E-state index in [2.05, 4.69) is 20.2 Å². The number of carbonyl (C=O) groups is 1. The van der Waals surface area contributed by atoms with Crippen LogP contribution in [-0.2, 0) is 4.79 Å². The fraction of sp³-hybridized carbons (Fsp3) is 0.409. The average molecular weight is 410 g/mol. The monoisotopic (exact) mass is 410 g/mol. The lowest BCUT2D eigenvalue weighted by Crippen LogP contribution is -2.30. The standard InChI is InChI=1S/C22H26N4O4/c1-16-24-20(26-10-3-2-4-11-26)14-22(25-16)28-12-9-23-21(27)8-6-17-5-7-18-19(13-17)30-15-29-18/h5-8,13-14H,2-4,9-12,15H2,1H3,(H,23,27). The summed E-state index contributed by atoms with van der Waals surface area (Å²) in [6.07, 6.45) is 6.86. The summed E-state index contributed by atoms with van der Waals surface area (Å²) in [5.74, 6) is 3.35. The number of rotatable bonds is 7. The zero-order valence-electron chi connectivity index (χ0n) is 17.1. The molecule has 1 saturated heterocycles. The fourth-order valence-corrected chi connectivity index (χ4v) is 3.46. The Morgan fingerprint density at radius 3 is 2.87 bits per heavy atom. The fourth-order valence-electron chi connectivity index (χ4n) is 3.46. The lowest BCUT2D eigenvalue weighted by Gasteiger charge is -2.28. The average Bonchev–Trinajstić information content (AvgIpc) is 3.23. The van der Waals surface area contributed by atoms with Crippen LogP contribution in [0.15, 0.2) is 30.3 Å². The second-order valence-electron chi connectivity index (χ2n) is 7.24. The Bertz CT molecular complexity index is 925. The van der Waals surface area contributed by atoms with Crippen molar-refractivity contribution in [2.24, 2.45) is 0 Å². The van der Waals surface area contributed by atoms with E-state index in [0.717, 1.165) is 30.2 Å². The summed E-state index contributed by atoms with van der Waals surface area (Å²) in [5.41, 5.74) is 0.868. The van der Waals surface area contributed by atoms with Crippen LogP contribution in [0.3, 0.4) is 0 Å². The van der Waals surface area contributed by atoms with Gasteiger partial charge < -0.3 is 24.4 Å². The molecule has 3 heterocycles. The van der Waals surface area contributed by atoms with Crippen LogP contribution < -0.4 is 24.4 Å². The molecule has 4 rings (SSSR count). The number of aromatic nitrogens is 2. The number of nitrogens with one attached hydrogen (secondary N) is 1. The minimum atomic E-state index is -0.191. The third kappa shape index (κ3) is 5.20. The molecule has 0 bridgehead atoms. The molecule has 0 atom stereocenters. The molecule has 1 fully saturated rings. The number of hydrogen-bond acceptors (Lipinski definition) is 7. The van der Waals surface area contributed by atoms with Crippen LogP contribution in [0.2, 0.25) is 0 Å². The van der Waals surface area contributed by atoms with Crippen LogP contribution >= 0.6 is 0 Å². The van der Waals surface area contributed by atoms with Crippen LogP contribution in [0.5, 0.6) is 17.4 Å². The Kier molecular flexibility index (Phi) is 6.32. The van der Waals surface area contributed by atoms with Gasteiger partial charge in [0.2, 0.25) is 18.6 Å². The van der Waals surface area contributed by atoms with Crippen molar-refractivity contribution >= 4 is 17.8 Å². The van der Waals surface area contributed by atoms with E-state index in [1.165, 1.54) is 25.3 Å². The Morgan fingerprint density at radius 1 is 1.17 bits per heavy atom. The van der Waals surface area contributed by atoms with Crippen molar-refractivity contribution in [1.82, 2.24) is 15.3 Å². The lowest BCUT2D eigenvalue weighted by molar-refractivity contribution is -0.116. The molecule has 2 aliphatic heterocycles. The number of hydrogen-bond donors (Lipinski definition) is 1. The number of carbonyl (C=O) groups excluding carboxylic acids is 1. The van der Waals surface area contributed by atoms with Gasteiger partial charge in [0.25, 0.3) is 0 Å². The van der Waals surface area contributed by atoms with E-state index in [0.29, 0.717) is 30.6 Å². The molecule has 1 N–H and O–H groups in total. The van der Waals surface area contributed by atoms with Gasteiger partial charge in [0.15, 0.2) is 11.5 Å². The maximum atomic E-state index is 12.0. The Labute approximate surface area is 175 Å². The second-order valence-corrected chi connectivity index (χ2v) is 7.24. The van der Waals surface area contributed by atoms with Crippen molar-refractivity contribution in [2.75, 3.05) is 37.9 Å². The number of amides is 1. The largest absolute Gasteiger partial charge is 0.476 e. The van der Waals surface area contributed by atoms with E-state index in [1.807, 2.05) is 31.2 Å². The van der Waals surface area contributed by atoms with Crippen molar-refractivity contribution in [3.63, 3.8) is 0 Å². The molecule has 1 amide bonds. The molecule has 0 spiro atoms. The molecule has 30 heavy (non-hydrogen) atoms. The number of piperidine rings is 1. The highest BCUT2D eigenvalue weighted by Gasteiger charge is 2.14. The molecule has 8 nitrogen and oxygen atoms in total. The summed E-state index contributed by atoms with van der Waals surface area (Å²) in [5, 5.41) is 2.81. The first-order valence-corrected chi connectivity index (χ1v) is 10.3. The first-order valence-electron chi connectivity index (χ1n) is 10.3. The summed E-state index contributed by atoms with van der Waals surface area (Å²) in [6, 6.07) is 7.42. The molecule has 2 aromatic rings. The Hall–Kier alpha value is -3.29. The van der Waals surface area contributed by atoms with Gasteiger partial charge in [-0.1, -0.05) is 6.07 Å². The molecule has 0 radical (unpaired) electrons. The molecular formula is C22H26N4O4. The van der Waals surface area contributed by atoms with Crippen molar-refractivity contribution in [1.29, 1.82) is 0 Å². The zero-order chi connectivity index (χ0) is 20.8. The Balaban J connectivity index is 1.23. The van der Waals surface area contributed by atoms with Gasteiger partial charge in [-0.3, -0.25) is 4.79 Å².